The number of hydrogen-bond acceptors (Lipinski definition) is 3. The molecule has 10 heavy (non-hydrogen) atoms. The summed E-state index contributed by atoms with van der Waals surface area (Å²) in [6, 6.07) is 0. The Labute approximate surface area is 55.3 Å². The minimum absolute atomic E-state index is 0.616. The number of aromatic nitrogens is 1. The minimum atomic E-state index is -3.31. The van der Waals surface area contributed by atoms with E-state index in [2.05, 4.69) is 9.40 Å². The molecule has 0 aliphatic carbocycles. The first-order chi connectivity index (χ1) is 4.67. The third-order valence-corrected chi connectivity index (χ3v) is 0.991. The van der Waals surface area contributed by atoms with Gasteiger partial charge in [0, 0.05) is 0 Å². The van der Waals surface area contributed by atoms with Gasteiger partial charge in [-0.1, -0.05) is 0 Å². The normalized spacial score (nSPS) is 11.9. The fourth-order valence-electron chi connectivity index (χ4n) is 0.474. The highest BCUT2D eigenvalue weighted by Crippen LogP contribution is 2.25. The molecule has 0 aromatic carbocycles. The van der Waals surface area contributed by atoms with Gasteiger partial charge in [-0.3, -0.25) is 0 Å². The number of halogens is 2. The highest BCUT2D eigenvalue weighted by molar-refractivity contribution is 4.98. The Morgan fingerprint density at radius 2 is 2.40 bits per heavy atom. The van der Waals surface area contributed by atoms with Crippen LogP contribution in [0.3, 0.4) is 0 Å². The van der Waals surface area contributed by atoms with E-state index in [1.807, 2.05) is 0 Å². The standard InChI is InChI=1S/C5H5F2NO2/c6-5(7,2-9)4-1-8-3-10-4/h1,3,9H,2H2. The molecule has 1 aromatic rings. The third-order valence-electron chi connectivity index (χ3n) is 0.991. The van der Waals surface area contributed by atoms with Crippen LogP contribution in [-0.2, 0) is 5.92 Å². The quantitative estimate of drug-likeness (QED) is 0.675. The van der Waals surface area contributed by atoms with E-state index in [9.17, 15) is 8.78 Å². The molecule has 0 spiro atoms. The number of aliphatic hydroxyl groups excluding tert-OH is 1. The summed E-state index contributed by atoms with van der Waals surface area (Å²) in [5.74, 6) is -3.92. The Balaban J connectivity index is 2.85. The van der Waals surface area contributed by atoms with E-state index >= 15 is 0 Å². The first kappa shape index (κ1) is 7.14. The summed E-state index contributed by atoms with van der Waals surface area (Å²) < 4.78 is 28.9. The number of hydrogen-bond donors (Lipinski definition) is 1. The van der Waals surface area contributed by atoms with Gasteiger partial charge in [-0.05, 0) is 0 Å². The second-order valence-electron chi connectivity index (χ2n) is 1.73. The summed E-state index contributed by atoms with van der Waals surface area (Å²) >= 11 is 0. The molecule has 0 fully saturated rings. The van der Waals surface area contributed by atoms with Crippen molar-refractivity contribution in [2.75, 3.05) is 6.61 Å². The van der Waals surface area contributed by atoms with E-state index in [0.29, 0.717) is 0 Å². The average Bonchev–Trinajstić information content (AvgIpc) is 2.38. The van der Waals surface area contributed by atoms with Gasteiger partial charge in [-0.2, -0.15) is 8.78 Å². The average molecular weight is 149 g/mol. The fourth-order valence-corrected chi connectivity index (χ4v) is 0.474. The maximum atomic E-state index is 12.3. The second-order valence-corrected chi connectivity index (χ2v) is 1.73. The maximum Gasteiger partial charge on any atom is 0.328 e. The van der Waals surface area contributed by atoms with Gasteiger partial charge in [0.25, 0.3) is 0 Å². The van der Waals surface area contributed by atoms with Crippen LogP contribution in [0.4, 0.5) is 8.78 Å². The summed E-state index contributed by atoms with van der Waals surface area (Å²) in [5.41, 5.74) is 0. The lowest BCUT2D eigenvalue weighted by atomic mass is 10.3. The zero-order chi connectivity index (χ0) is 7.61. The topological polar surface area (TPSA) is 46.3 Å². The van der Waals surface area contributed by atoms with Gasteiger partial charge in [-0.15, -0.1) is 0 Å². The van der Waals surface area contributed by atoms with Crippen molar-refractivity contribution in [1.82, 2.24) is 4.98 Å². The highest BCUT2D eigenvalue weighted by atomic mass is 19.3. The van der Waals surface area contributed by atoms with E-state index in [1.54, 1.807) is 0 Å². The van der Waals surface area contributed by atoms with Crippen LogP contribution >= 0.6 is 0 Å². The lowest BCUT2D eigenvalue weighted by Crippen LogP contribution is -2.17. The van der Waals surface area contributed by atoms with Gasteiger partial charge < -0.3 is 9.52 Å². The SMILES string of the molecule is OCC(F)(F)c1cnco1. The molecular weight excluding hydrogens is 144 g/mol. The summed E-state index contributed by atoms with van der Waals surface area (Å²) in [5, 5.41) is 8.13. The van der Waals surface area contributed by atoms with Crippen LogP contribution in [-0.4, -0.2) is 16.7 Å². The fraction of sp³-hybridized carbons (Fsp3) is 0.400. The van der Waals surface area contributed by atoms with Crippen molar-refractivity contribution in [3.8, 4) is 0 Å². The Morgan fingerprint density at radius 3 is 2.80 bits per heavy atom. The van der Waals surface area contributed by atoms with Crippen molar-refractivity contribution >= 4 is 0 Å². The van der Waals surface area contributed by atoms with E-state index in [4.69, 9.17) is 5.11 Å². The highest BCUT2D eigenvalue weighted by Gasteiger charge is 2.34. The van der Waals surface area contributed by atoms with E-state index in [0.717, 1.165) is 12.6 Å². The summed E-state index contributed by atoms with van der Waals surface area (Å²) in [6.07, 6.45) is 1.76. The number of oxazole rings is 1. The smallest absolute Gasteiger partial charge is 0.328 e. The largest absolute Gasteiger partial charge is 0.442 e. The Bertz CT molecular complexity index is 197. The predicted octanol–water partition coefficient (Wildman–Crippen LogP) is 0.759. The molecule has 0 saturated carbocycles. The molecule has 56 valence electrons. The maximum absolute atomic E-state index is 12.3. The molecule has 1 aromatic heterocycles. The summed E-state index contributed by atoms with van der Waals surface area (Å²) in [7, 11) is 0. The van der Waals surface area contributed by atoms with Crippen molar-refractivity contribution in [1.29, 1.82) is 0 Å². The molecule has 0 bridgehead atoms. The number of alkyl halides is 2. The molecule has 1 heterocycles. The van der Waals surface area contributed by atoms with Crippen LogP contribution in [0, 0.1) is 0 Å². The molecule has 1 rings (SSSR count). The van der Waals surface area contributed by atoms with Crippen LogP contribution in [0.2, 0.25) is 0 Å². The molecule has 5 heteroatoms. The molecule has 1 N–H and O–H groups in total. The molecule has 0 atom stereocenters. The molecule has 0 unspecified atom stereocenters. The molecule has 0 radical (unpaired) electrons. The number of rotatable bonds is 2. The molecular formula is C5H5F2NO2. The monoisotopic (exact) mass is 149 g/mol. The second kappa shape index (κ2) is 2.34. The van der Waals surface area contributed by atoms with E-state index < -0.39 is 18.3 Å². The first-order valence-electron chi connectivity index (χ1n) is 2.54. The van der Waals surface area contributed by atoms with E-state index in [1.165, 1.54) is 0 Å². The van der Waals surface area contributed by atoms with Crippen molar-refractivity contribution < 1.29 is 18.3 Å². The first-order valence-corrected chi connectivity index (χ1v) is 2.54. The third kappa shape index (κ3) is 1.13. The summed E-state index contributed by atoms with van der Waals surface area (Å²) in [6.45, 7) is -1.26. The van der Waals surface area contributed by atoms with Crippen LogP contribution in [0.15, 0.2) is 17.0 Å². The lowest BCUT2D eigenvalue weighted by molar-refractivity contribution is -0.0722. The van der Waals surface area contributed by atoms with Gasteiger partial charge in [-0.25, -0.2) is 4.98 Å². The molecule has 0 aliphatic heterocycles. The summed E-state index contributed by atoms with van der Waals surface area (Å²) in [4.78, 5) is 3.28. The molecule has 3 nitrogen and oxygen atoms in total. The zero-order valence-electron chi connectivity index (χ0n) is 4.92. The van der Waals surface area contributed by atoms with Crippen LogP contribution in [0.1, 0.15) is 5.76 Å². The van der Waals surface area contributed by atoms with Crippen molar-refractivity contribution in [2.45, 2.75) is 5.92 Å². The van der Waals surface area contributed by atoms with E-state index in [-0.39, 0.29) is 0 Å². The van der Waals surface area contributed by atoms with Crippen molar-refractivity contribution in [2.24, 2.45) is 0 Å². The van der Waals surface area contributed by atoms with Gasteiger partial charge in [0.15, 0.2) is 12.2 Å². The Morgan fingerprint density at radius 1 is 1.70 bits per heavy atom. The molecule has 0 saturated heterocycles. The van der Waals surface area contributed by atoms with Crippen molar-refractivity contribution in [3.05, 3.63) is 18.4 Å². The van der Waals surface area contributed by atoms with Crippen LogP contribution < -0.4 is 0 Å². The van der Waals surface area contributed by atoms with Crippen LogP contribution in [0.5, 0.6) is 0 Å². The van der Waals surface area contributed by atoms with Gasteiger partial charge >= 0.3 is 5.92 Å². The number of nitrogens with zero attached hydrogens (tertiary/aromatic N) is 1. The molecule has 0 amide bonds. The lowest BCUT2D eigenvalue weighted by Gasteiger charge is -2.07. The minimum Gasteiger partial charge on any atom is -0.442 e. The molecule has 0 aliphatic rings. The zero-order valence-corrected chi connectivity index (χ0v) is 4.92. The number of aliphatic hydroxyl groups is 1. The van der Waals surface area contributed by atoms with Gasteiger partial charge in [0.2, 0.25) is 0 Å². The predicted molar refractivity (Wildman–Crippen MR) is 27.5 cm³/mol. The Hall–Kier alpha value is -0.970. The van der Waals surface area contributed by atoms with Gasteiger partial charge in [0.1, 0.15) is 6.61 Å². The van der Waals surface area contributed by atoms with Gasteiger partial charge in [0.05, 0.1) is 6.20 Å². The Kier molecular flexibility index (Phi) is 1.67. The van der Waals surface area contributed by atoms with Crippen LogP contribution in [0.25, 0.3) is 0 Å². The van der Waals surface area contributed by atoms with Crippen molar-refractivity contribution in [3.63, 3.8) is 0 Å².